The van der Waals surface area contributed by atoms with E-state index in [0.717, 1.165) is 35.3 Å². The SMILES string of the molecule is COc1ccc(-c2nnc(S[C@H]3C[C@@H](C)OC3=O)n2CCc2ccccc2)cc1. The molecule has 2 heterocycles. The van der Waals surface area contributed by atoms with Gasteiger partial charge in [0.2, 0.25) is 0 Å². The number of methoxy groups -OCH3 is 1. The van der Waals surface area contributed by atoms with E-state index >= 15 is 0 Å². The third kappa shape index (κ3) is 4.45. The lowest BCUT2D eigenvalue weighted by atomic mass is 10.1. The van der Waals surface area contributed by atoms with Crippen LogP contribution in [0, 0.1) is 0 Å². The van der Waals surface area contributed by atoms with Gasteiger partial charge in [-0.15, -0.1) is 10.2 Å². The topological polar surface area (TPSA) is 66.2 Å². The molecule has 0 amide bonds. The molecule has 1 fully saturated rings. The summed E-state index contributed by atoms with van der Waals surface area (Å²) in [5, 5.41) is 9.34. The number of aromatic nitrogens is 3. The van der Waals surface area contributed by atoms with Crippen molar-refractivity contribution in [3.63, 3.8) is 0 Å². The zero-order valence-corrected chi connectivity index (χ0v) is 17.3. The molecule has 0 radical (unpaired) electrons. The Morgan fingerprint density at radius 2 is 1.90 bits per heavy atom. The van der Waals surface area contributed by atoms with Gasteiger partial charge in [0.1, 0.15) is 17.1 Å². The fourth-order valence-electron chi connectivity index (χ4n) is 3.36. The molecule has 0 bridgehead atoms. The lowest BCUT2D eigenvalue weighted by molar-refractivity contribution is -0.140. The Morgan fingerprint density at radius 3 is 2.55 bits per heavy atom. The molecule has 1 aromatic heterocycles. The Bertz CT molecular complexity index is 973. The summed E-state index contributed by atoms with van der Waals surface area (Å²) in [6, 6.07) is 18.1. The molecule has 0 unspecified atom stereocenters. The molecule has 0 saturated carbocycles. The smallest absolute Gasteiger partial charge is 0.319 e. The van der Waals surface area contributed by atoms with Gasteiger partial charge in [-0.3, -0.25) is 4.79 Å². The van der Waals surface area contributed by atoms with Gasteiger partial charge >= 0.3 is 5.97 Å². The largest absolute Gasteiger partial charge is 0.497 e. The van der Waals surface area contributed by atoms with Crippen LogP contribution in [-0.2, 0) is 22.5 Å². The van der Waals surface area contributed by atoms with E-state index in [1.54, 1.807) is 7.11 Å². The predicted octanol–water partition coefficient (Wildman–Crippen LogP) is 3.99. The number of carbonyl (C=O) groups excluding carboxylic acids is 1. The number of rotatable bonds is 7. The molecule has 150 valence electrons. The summed E-state index contributed by atoms with van der Waals surface area (Å²) in [6.45, 7) is 2.64. The van der Waals surface area contributed by atoms with E-state index in [-0.39, 0.29) is 17.3 Å². The fraction of sp³-hybridized carbons (Fsp3) is 0.318. The Hall–Kier alpha value is -2.80. The molecule has 2 atom stereocenters. The Morgan fingerprint density at radius 1 is 1.14 bits per heavy atom. The summed E-state index contributed by atoms with van der Waals surface area (Å²) in [7, 11) is 1.65. The number of carbonyl (C=O) groups is 1. The minimum Gasteiger partial charge on any atom is -0.497 e. The Kier molecular flexibility index (Phi) is 5.85. The minimum absolute atomic E-state index is 0.0539. The highest BCUT2D eigenvalue weighted by atomic mass is 32.2. The number of cyclic esters (lactones) is 1. The van der Waals surface area contributed by atoms with Crippen LogP contribution in [0.3, 0.4) is 0 Å². The lowest BCUT2D eigenvalue weighted by Crippen LogP contribution is -2.12. The molecule has 0 aliphatic carbocycles. The number of nitrogens with zero attached hydrogens (tertiary/aromatic N) is 3. The second-order valence-electron chi connectivity index (χ2n) is 7.01. The van der Waals surface area contributed by atoms with E-state index < -0.39 is 0 Å². The van der Waals surface area contributed by atoms with Crippen LogP contribution in [0.15, 0.2) is 59.8 Å². The predicted molar refractivity (Wildman–Crippen MR) is 112 cm³/mol. The van der Waals surface area contributed by atoms with Crippen molar-refractivity contribution in [1.29, 1.82) is 0 Å². The van der Waals surface area contributed by atoms with Crippen LogP contribution < -0.4 is 4.74 Å². The summed E-state index contributed by atoms with van der Waals surface area (Å²) >= 11 is 1.44. The minimum atomic E-state index is -0.242. The molecule has 7 heteroatoms. The van der Waals surface area contributed by atoms with Gasteiger partial charge in [-0.1, -0.05) is 42.1 Å². The van der Waals surface area contributed by atoms with E-state index in [9.17, 15) is 4.79 Å². The highest BCUT2D eigenvalue weighted by Gasteiger charge is 2.34. The summed E-state index contributed by atoms with van der Waals surface area (Å²) in [4.78, 5) is 12.1. The van der Waals surface area contributed by atoms with Crippen LogP contribution in [0.1, 0.15) is 18.9 Å². The van der Waals surface area contributed by atoms with Crippen molar-refractivity contribution >= 4 is 17.7 Å². The monoisotopic (exact) mass is 409 g/mol. The number of hydrogen-bond acceptors (Lipinski definition) is 6. The van der Waals surface area contributed by atoms with E-state index in [2.05, 4.69) is 26.9 Å². The lowest BCUT2D eigenvalue weighted by Gasteiger charge is -2.12. The van der Waals surface area contributed by atoms with E-state index in [1.807, 2.05) is 49.4 Å². The number of thioether (sulfide) groups is 1. The summed E-state index contributed by atoms with van der Waals surface area (Å²) in [5.74, 6) is 1.40. The molecule has 0 spiro atoms. The van der Waals surface area contributed by atoms with Crippen LogP contribution in [0.25, 0.3) is 11.4 Å². The van der Waals surface area contributed by atoms with Crippen molar-refractivity contribution in [2.24, 2.45) is 0 Å². The summed E-state index contributed by atoms with van der Waals surface area (Å²) < 4.78 is 12.7. The number of aryl methyl sites for hydroxylation is 1. The van der Waals surface area contributed by atoms with Gasteiger partial charge in [-0.2, -0.15) is 0 Å². The Labute approximate surface area is 174 Å². The highest BCUT2D eigenvalue weighted by molar-refractivity contribution is 8.00. The van der Waals surface area contributed by atoms with Crippen molar-refractivity contribution in [3.05, 3.63) is 60.2 Å². The molecule has 1 aliphatic rings. The fourth-order valence-corrected chi connectivity index (χ4v) is 4.53. The van der Waals surface area contributed by atoms with Crippen molar-refractivity contribution in [1.82, 2.24) is 14.8 Å². The average Bonchev–Trinajstić information content (AvgIpc) is 3.29. The second kappa shape index (κ2) is 8.69. The molecule has 2 aromatic carbocycles. The molecule has 29 heavy (non-hydrogen) atoms. The first-order chi connectivity index (χ1) is 14.1. The molecule has 0 N–H and O–H groups in total. The van der Waals surface area contributed by atoms with Crippen molar-refractivity contribution in [3.8, 4) is 17.1 Å². The van der Waals surface area contributed by atoms with Crippen LogP contribution >= 0.6 is 11.8 Å². The van der Waals surface area contributed by atoms with Crippen molar-refractivity contribution in [2.75, 3.05) is 7.11 Å². The van der Waals surface area contributed by atoms with Crippen molar-refractivity contribution < 1.29 is 14.3 Å². The van der Waals surface area contributed by atoms with E-state index in [4.69, 9.17) is 9.47 Å². The van der Waals surface area contributed by atoms with Crippen LogP contribution in [0.4, 0.5) is 0 Å². The Balaban J connectivity index is 1.63. The van der Waals surface area contributed by atoms with Crippen LogP contribution in [-0.4, -0.2) is 39.2 Å². The molecule has 1 saturated heterocycles. The molecule has 6 nitrogen and oxygen atoms in total. The first kappa shape index (κ1) is 19.5. The van der Waals surface area contributed by atoms with Gasteiger partial charge in [0.15, 0.2) is 11.0 Å². The zero-order chi connectivity index (χ0) is 20.2. The average molecular weight is 410 g/mol. The van der Waals surface area contributed by atoms with Crippen LogP contribution in [0.2, 0.25) is 0 Å². The third-order valence-electron chi connectivity index (χ3n) is 4.91. The van der Waals surface area contributed by atoms with Gasteiger partial charge < -0.3 is 14.0 Å². The maximum atomic E-state index is 12.1. The van der Waals surface area contributed by atoms with Crippen LogP contribution in [0.5, 0.6) is 5.75 Å². The summed E-state index contributed by atoms with van der Waals surface area (Å²) in [5.41, 5.74) is 2.20. The van der Waals surface area contributed by atoms with Gasteiger partial charge in [0, 0.05) is 18.5 Å². The second-order valence-corrected chi connectivity index (χ2v) is 8.18. The number of benzene rings is 2. The van der Waals surface area contributed by atoms with Gasteiger partial charge in [0.25, 0.3) is 0 Å². The highest BCUT2D eigenvalue weighted by Crippen LogP contribution is 2.33. The van der Waals surface area contributed by atoms with Gasteiger partial charge in [0.05, 0.1) is 7.11 Å². The number of hydrogen-bond donors (Lipinski definition) is 0. The number of esters is 1. The maximum absolute atomic E-state index is 12.1. The number of ether oxygens (including phenoxy) is 2. The first-order valence-corrected chi connectivity index (χ1v) is 10.5. The van der Waals surface area contributed by atoms with Gasteiger partial charge in [-0.25, -0.2) is 0 Å². The van der Waals surface area contributed by atoms with Gasteiger partial charge in [-0.05, 0) is 43.2 Å². The third-order valence-corrected chi connectivity index (χ3v) is 6.09. The van der Waals surface area contributed by atoms with E-state index in [0.29, 0.717) is 6.42 Å². The molecule has 3 aromatic rings. The molecule has 4 rings (SSSR count). The standard InChI is InChI=1S/C22H23N3O3S/c1-15-14-19(21(26)28-15)29-22-24-23-20(17-8-10-18(27-2)11-9-17)25(22)13-12-16-6-4-3-5-7-16/h3-11,15,19H,12-14H2,1-2H3/t15-,19+/m1/s1. The van der Waals surface area contributed by atoms with Crippen molar-refractivity contribution in [2.45, 2.75) is 42.8 Å². The summed E-state index contributed by atoms with van der Waals surface area (Å²) in [6.07, 6.45) is 1.48. The van der Waals surface area contributed by atoms with E-state index in [1.165, 1.54) is 17.3 Å². The molecule has 1 aliphatic heterocycles. The normalized spacial score (nSPS) is 18.6. The quantitative estimate of drug-likeness (QED) is 0.550. The zero-order valence-electron chi connectivity index (χ0n) is 16.4. The molecular formula is C22H23N3O3S. The molecular weight excluding hydrogens is 386 g/mol. The maximum Gasteiger partial charge on any atom is 0.319 e. The first-order valence-electron chi connectivity index (χ1n) is 9.62.